The summed E-state index contributed by atoms with van der Waals surface area (Å²) in [6, 6.07) is 14.8. The van der Waals surface area contributed by atoms with E-state index in [1.807, 2.05) is 0 Å². The molecule has 2 heterocycles. The molecule has 0 saturated heterocycles. The fourth-order valence-electron chi connectivity index (χ4n) is 3.37. The van der Waals surface area contributed by atoms with Crippen molar-refractivity contribution >= 4 is 49.0 Å². The van der Waals surface area contributed by atoms with E-state index in [0.717, 1.165) is 32.6 Å². The Morgan fingerprint density at radius 2 is 1.70 bits per heavy atom. The monoisotopic (exact) mass is 437 g/mol. The summed E-state index contributed by atoms with van der Waals surface area (Å²) in [5.74, 6) is 0.867. The Balaban J connectivity index is 1.94. The van der Waals surface area contributed by atoms with Crippen molar-refractivity contribution in [3.8, 4) is 11.1 Å². The number of halogens is 1. The summed E-state index contributed by atoms with van der Waals surface area (Å²) in [6.07, 6.45) is 2.62. The molecule has 0 amide bonds. The molecule has 1 N–H and O–H groups in total. The summed E-state index contributed by atoms with van der Waals surface area (Å²) in [4.78, 5) is 11.5. The van der Waals surface area contributed by atoms with E-state index in [1.54, 1.807) is 17.7 Å². The molecule has 3 nitrogen and oxygen atoms in total. The molecular formula is C22H20BrN3S. The van der Waals surface area contributed by atoms with E-state index in [9.17, 15) is 0 Å². The van der Waals surface area contributed by atoms with Crippen LogP contribution in [-0.4, -0.2) is 9.97 Å². The fraction of sp³-hybridized carbons (Fsp3) is 0.182. The third-order valence-electron chi connectivity index (χ3n) is 4.74. The van der Waals surface area contributed by atoms with E-state index < -0.39 is 0 Å². The van der Waals surface area contributed by atoms with Gasteiger partial charge >= 0.3 is 0 Å². The molecule has 136 valence electrons. The number of nitrogens with zero attached hydrogens (tertiary/aromatic N) is 2. The normalized spacial score (nSPS) is 11.1. The van der Waals surface area contributed by atoms with Gasteiger partial charge in [0.05, 0.1) is 5.39 Å². The number of anilines is 2. The number of rotatable bonds is 4. The Morgan fingerprint density at radius 3 is 2.37 bits per heavy atom. The zero-order valence-electron chi connectivity index (χ0n) is 15.5. The maximum absolute atomic E-state index is 4.61. The predicted molar refractivity (Wildman–Crippen MR) is 119 cm³/mol. The van der Waals surface area contributed by atoms with E-state index in [1.165, 1.54) is 27.1 Å². The zero-order valence-corrected chi connectivity index (χ0v) is 17.9. The number of hydrogen-bond acceptors (Lipinski definition) is 4. The number of nitrogens with one attached hydrogen (secondary N) is 1. The summed E-state index contributed by atoms with van der Waals surface area (Å²) >= 11 is 5.29. The number of aryl methyl sites for hydroxylation is 3. The van der Waals surface area contributed by atoms with Gasteiger partial charge in [0.2, 0.25) is 0 Å². The molecule has 27 heavy (non-hydrogen) atoms. The van der Waals surface area contributed by atoms with Crippen molar-refractivity contribution in [2.24, 2.45) is 0 Å². The fourth-order valence-corrected chi connectivity index (χ4v) is 4.74. The second-order valence-electron chi connectivity index (χ2n) is 6.55. The minimum absolute atomic E-state index is 0.867. The molecule has 0 spiro atoms. The van der Waals surface area contributed by atoms with Crippen LogP contribution in [0.15, 0.2) is 53.3 Å². The summed E-state index contributed by atoms with van der Waals surface area (Å²) in [7, 11) is 0. The predicted octanol–water partition coefficient (Wildman–Crippen LogP) is 7.04. The molecule has 5 heteroatoms. The molecule has 0 unspecified atom stereocenters. The molecule has 0 aliphatic rings. The van der Waals surface area contributed by atoms with Crippen molar-refractivity contribution in [3.05, 3.63) is 69.3 Å². The lowest BCUT2D eigenvalue weighted by Gasteiger charge is -2.13. The summed E-state index contributed by atoms with van der Waals surface area (Å²) < 4.78 is 1.08. The minimum Gasteiger partial charge on any atom is -0.339 e. The first kappa shape index (κ1) is 18.1. The van der Waals surface area contributed by atoms with Crippen LogP contribution in [0.2, 0.25) is 0 Å². The molecule has 0 fully saturated rings. The van der Waals surface area contributed by atoms with Crippen molar-refractivity contribution in [2.75, 3.05) is 5.32 Å². The molecule has 4 aromatic rings. The third kappa shape index (κ3) is 3.37. The second-order valence-corrected chi connectivity index (χ2v) is 8.55. The SMILES string of the molecule is CCc1sc2ncnc(Nc3c(C)cccc3C)c2c1-c1ccc(Br)cc1. The van der Waals surface area contributed by atoms with Gasteiger partial charge in [-0.25, -0.2) is 9.97 Å². The molecule has 0 saturated carbocycles. The van der Waals surface area contributed by atoms with E-state index in [-0.39, 0.29) is 0 Å². The number of para-hydroxylation sites is 1. The molecule has 0 aliphatic carbocycles. The number of fused-ring (bicyclic) bond motifs is 1. The number of hydrogen-bond donors (Lipinski definition) is 1. The first-order valence-electron chi connectivity index (χ1n) is 8.94. The van der Waals surface area contributed by atoms with Crippen molar-refractivity contribution in [3.63, 3.8) is 0 Å². The molecular weight excluding hydrogens is 418 g/mol. The van der Waals surface area contributed by atoms with Gasteiger partial charge in [-0.2, -0.15) is 0 Å². The Hall–Kier alpha value is -2.24. The van der Waals surface area contributed by atoms with Gasteiger partial charge < -0.3 is 5.32 Å². The highest BCUT2D eigenvalue weighted by atomic mass is 79.9. The average Bonchev–Trinajstić information content (AvgIpc) is 3.05. The standard InChI is InChI=1S/C22H20BrN3S/c1-4-17-18(15-8-10-16(23)11-9-15)19-21(24-12-25-22(19)27-17)26-20-13(2)6-5-7-14(20)3/h5-12H,4H2,1-3H3,(H,24,25,26). The van der Waals surface area contributed by atoms with Crippen molar-refractivity contribution < 1.29 is 0 Å². The Kier molecular flexibility index (Phi) is 4.98. The molecule has 0 radical (unpaired) electrons. The lowest BCUT2D eigenvalue weighted by Crippen LogP contribution is -1.99. The Bertz CT molecular complexity index is 1100. The summed E-state index contributed by atoms with van der Waals surface area (Å²) in [6.45, 7) is 6.43. The van der Waals surface area contributed by atoms with Crippen LogP contribution in [0.25, 0.3) is 21.3 Å². The first-order valence-corrected chi connectivity index (χ1v) is 10.5. The van der Waals surface area contributed by atoms with E-state index in [4.69, 9.17) is 0 Å². The number of aromatic nitrogens is 2. The largest absolute Gasteiger partial charge is 0.339 e. The highest BCUT2D eigenvalue weighted by Gasteiger charge is 2.18. The van der Waals surface area contributed by atoms with Gasteiger partial charge in [0.15, 0.2) is 0 Å². The zero-order chi connectivity index (χ0) is 19.0. The Labute approximate surface area is 171 Å². The molecule has 0 atom stereocenters. The van der Waals surface area contributed by atoms with E-state index >= 15 is 0 Å². The van der Waals surface area contributed by atoms with Gasteiger partial charge in [0, 0.05) is 20.6 Å². The maximum atomic E-state index is 4.61. The molecule has 4 rings (SSSR count). The Morgan fingerprint density at radius 1 is 1.00 bits per heavy atom. The summed E-state index contributed by atoms with van der Waals surface area (Å²) in [5, 5.41) is 4.69. The van der Waals surface area contributed by atoms with E-state index in [0.29, 0.717) is 0 Å². The van der Waals surface area contributed by atoms with Crippen LogP contribution < -0.4 is 5.32 Å². The number of benzene rings is 2. The third-order valence-corrected chi connectivity index (χ3v) is 6.51. The first-order chi connectivity index (χ1) is 13.1. The molecule has 2 aromatic carbocycles. The van der Waals surface area contributed by atoms with Gasteiger partial charge in [-0.05, 0) is 49.1 Å². The van der Waals surface area contributed by atoms with E-state index in [2.05, 4.69) is 94.5 Å². The summed E-state index contributed by atoms with van der Waals surface area (Å²) in [5.41, 5.74) is 5.96. The van der Waals surface area contributed by atoms with Crippen LogP contribution in [0, 0.1) is 13.8 Å². The highest BCUT2D eigenvalue weighted by molar-refractivity contribution is 9.10. The van der Waals surface area contributed by atoms with Crippen LogP contribution in [0.1, 0.15) is 22.9 Å². The van der Waals surface area contributed by atoms with Crippen LogP contribution in [0.4, 0.5) is 11.5 Å². The van der Waals surface area contributed by atoms with Gasteiger partial charge in [0.1, 0.15) is 17.0 Å². The molecule has 0 aliphatic heterocycles. The van der Waals surface area contributed by atoms with Crippen molar-refractivity contribution in [1.29, 1.82) is 0 Å². The van der Waals surface area contributed by atoms with Crippen LogP contribution in [0.5, 0.6) is 0 Å². The highest BCUT2D eigenvalue weighted by Crippen LogP contribution is 2.42. The quantitative estimate of drug-likeness (QED) is 0.371. The van der Waals surface area contributed by atoms with Gasteiger partial charge in [0.25, 0.3) is 0 Å². The van der Waals surface area contributed by atoms with Crippen molar-refractivity contribution in [1.82, 2.24) is 9.97 Å². The van der Waals surface area contributed by atoms with Gasteiger partial charge in [-0.15, -0.1) is 11.3 Å². The molecule has 2 aromatic heterocycles. The number of thiophene rings is 1. The van der Waals surface area contributed by atoms with Gasteiger partial charge in [-0.3, -0.25) is 0 Å². The lowest BCUT2D eigenvalue weighted by atomic mass is 10.0. The second kappa shape index (κ2) is 7.41. The molecule has 0 bridgehead atoms. The topological polar surface area (TPSA) is 37.8 Å². The van der Waals surface area contributed by atoms with Crippen LogP contribution in [-0.2, 0) is 6.42 Å². The smallest absolute Gasteiger partial charge is 0.143 e. The minimum atomic E-state index is 0.867. The lowest BCUT2D eigenvalue weighted by molar-refractivity contribution is 1.19. The van der Waals surface area contributed by atoms with Crippen molar-refractivity contribution in [2.45, 2.75) is 27.2 Å². The van der Waals surface area contributed by atoms with Gasteiger partial charge in [-0.1, -0.05) is 53.2 Å². The van der Waals surface area contributed by atoms with Crippen LogP contribution in [0.3, 0.4) is 0 Å². The average molecular weight is 438 g/mol. The maximum Gasteiger partial charge on any atom is 0.143 e. The van der Waals surface area contributed by atoms with Crippen LogP contribution >= 0.6 is 27.3 Å².